The van der Waals surface area contributed by atoms with E-state index in [1.165, 1.54) is 24.3 Å². The minimum Gasteiger partial charge on any atom is -0.493 e. The molecule has 0 atom stereocenters. The Kier molecular flexibility index (Phi) is 7.84. The average Bonchev–Trinajstić information content (AvgIpc) is 2.80. The van der Waals surface area contributed by atoms with Gasteiger partial charge in [0.15, 0.2) is 11.5 Å². The molecule has 6 nitrogen and oxygen atoms in total. The molecule has 3 aromatic rings. The third-order valence-electron chi connectivity index (χ3n) is 4.62. The van der Waals surface area contributed by atoms with Crippen molar-refractivity contribution in [2.75, 3.05) is 25.5 Å². The zero-order valence-electron chi connectivity index (χ0n) is 17.4. The van der Waals surface area contributed by atoms with Crippen molar-refractivity contribution < 1.29 is 18.7 Å². The molecule has 2 amide bonds. The first kappa shape index (κ1) is 22.1. The van der Waals surface area contributed by atoms with Crippen LogP contribution in [0.4, 0.5) is 14.9 Å². The molecule has 0 spiro atoms. The highest BCUT2D eigenvalue weighted by molar-refractivity contribution is 5.89. The van der Waals surface area contributed by atoms with Crippen molar-refractivity contribution in [2.24, 2.45) is 5.73 Å². The second kappa shape index (κ2) is 11.0. The van der Waals surface area contributed by atoms with E-state index in [0.29, 0.717) is 43.4 Å². The van der Waals surface area contributed by atoms with Crippen LogP contribution < -0.4 is 20.5 Å². The number of amides is 2. The van der Waals surface area contributed by atoms with Crippen LogP contribution in [0.5, 0.6) is 11.5 Å². The van der Waals surface area contributed by atoms with Gasteiger partial charge in [-0.1, -0.05) is 36.4 Å². The van der Waals surface area contributed by atoms with Crippen LogP contribution in [0.1, 0.15) is 11.1 Å². The number of methoxy groups -OCH3 is 1. The van der Waals surface area contributed by atoms with Crippen LogP contribution in [0.15, 0.2) is 72.8 Å². The molecule has 0 unspecified atom stereocenters. The Labute approximate surface area is 181 Å². The summed E-state index contributed by atoms with van der Waals surface area (Å²) in [6.45, 7) is 1.43. The van der Waals surface area contributed by atoms with Crippen LogP contribution >= 0.6 is 0 Å². The van der Waals surface area contributed by atoms with Crippen molar-refractivity contribution in [1.82, 2.24) is 4.90 Å². The van der Waals surface area contributed by atoms with E-state index in [9.17, 15) is 9.18 Å². The largest absolute Gasteiger partial charge is 0.493 e. The summed E-state index contributed by atoms with van der Waals surface area (Å²) in [5, 5.41) is 2.76. The number of anilines is 1. The van der Waals surface area contributed by atoms with Gasteiger partial charge in [-0.05, 0) is 47.5 Å². The summed E-state index contributed by atoms with van der Waals surface area (Å²) in [7, 11) is 1.58. The monoisotopic (exact) mass is 423 g/mol. The van der Waals surface area contributed by atoms with Gasteiger partial charge in [-0.15, -0.1) is 0 Å². The lowest BCUT2D eigenvalue weighted by atomic mass is 10.2. The molecule has 0 heterocycles. The molecule has 3 N–H and O–H groups in total. The van der Waals surface area contributed by atoms with Crippen molar-refractivity contribution in [1.29, 1.82) is 0 Å². The predicted octanol–water partition coefficient (Wildman–Crippen LogP) is 4.41. The summed E-state index contributed by atoms with van der Waals surface area (Å²) in [6.07, 6.45) is 0. The number of carbonyl (C=O) groups excluding carboxylic acids is 1. The van der Waals surface area contributed by atoms with Gasteiger partial charge in [0.05, 0.1) is 7.11 Å². The number of nitrogens with one attached hydrogen (secondary N) is 1. The van der Waals surface area contributed by atoms with Crippen molar-refractivity contribution in [3.8, 4) is 11.5 Å². The van der Waals surface area contributed by atoms with E-state index in [4.69, 9.17) is 15.2 Å². The fourth-order valence-corrected chi connectivity index (χ4v) is 3.03. The Hall–Kier alpha value is -3.58. The maximum atomic E-state index is 13.1. The summed E-state index contributed by atoms with van der Waals surface area (Å²) in [5.41, 5.74) is 8.13. The molecule has 31 heavy (non-hydrogen) atoms. The number of halogens is 1. The van der Waals surface area contributed by atoms with Crippen molar-refractivity contribution in [3.05, 3.63) is 89.7 Å². The molecule has 0 fully saturated rings. The number of ether oxygens (including phenoxy) is 2. The molecular weight excluding hydrogens is 397 g/mol. The zero-order chi connectivity index (χ0) is 22.1. The highest BCUT2D eigenvalue weighted by atomic mass is 19.1. The summed E-state index contributed by atoms with van der Waals surface area (Å²) >= 11 is 0. The quantitative estimate of drug-likeness (QED) is 0.535. The minimum absolute atomic E-state index is 0.312. The number of hydrogen-bond donors (Lipinski definition) is 2. The molecule has 0 radical (unpaired) electrons. The van der Waals surface area contributed by atoms with Gasteiger partial charge in [0.1, 0.15) is 12.4 Å². The molecule has 3 aromatic carbocycles. The first-order valence-corrected chi connectivity index (χ1v) is 9.94. The summed E-state index contributed by atoms with van der Waals surface area (Å²) in [4.78, 5) is 14.3. The second-order valence-corrected chi connectivity index (χ2v) is 6.91. The van der Waals surface area contributed by atoms with Crippen LogP contribution in [-0.4, -0.2) is 31.1 Å². The third-order valence-corrected chi connectivity index (χ3v) is 4.62. The maximum Gasteiger partial charge on any atom is 0.322 e. The molecule has 0 bridgehead atoms. The molecule has 0 aromatic heterocycles. The Balaban J connectivity index is 1.67. The number of nitrogens with zero attached hydrogens (tertiary/aromatic N) is 1. The predicted molar refractivity (Wildman–Crippen MR) is 119 cm³/mol. The Bertz CT molecular complexity index is 981. The van der Waals surface area contributed by atoms with Gasteiger partial charge >= 0.3 is 6.03 Å². The molecule has 0 aliphatic heterocycles. The summed E-state index contributed by atoms with van der Waals surface area (Å²) < 4.78 is 24.5. The SMILES string of the molecule is COc1cc(CN(CCN)C(=O)Nc2ccc(F)cc2)ccc1OCc1ccccc1. The summed E-state index contributed by atoms with van der Waals surface area (Å²) in [6, 6.07) is 20.7. The van der Waals surface area contributed by atoms with Crippen LogP contribution in [0.3, 0.4) is 0 Å². The van der Waals surface area contributed by atoms with Crippen LogP contribution in [0.2, 0.25) is 0 Å². The third kappa shape index (κ3) is 6.45. The van der Waals surface area contributed by atoms with Crippen molar-refractivity contribution in [3.63, 3.8) is 0 Å². The summed E-state index contributed by atoms with van der Waals surface area (Å²) in [5.74, 6) is 0.842. The van der Waals surface area contributed by atoms with E-state index < -0.39 is 0 Å². The van der Waals surface area contributed by atoms with E-state index >= 15 is 0 Å². The van der Waals surface area contributed by atoms with E-state index in [0.717, 1.165) is 11.1 Å². The maximum absolute atomic E-state index is 13.1. The zero-order valence-corrected chi connectivity index (χ0v) is 17.4. The van der Waals surface area contributed by atoms with Gasteiger partial charge < -0.3 is 25.4 Å². The first-order chi connectivity index (χ1) is 15.1. The lowest BCUT2D eigenvalue weighted by Crippen LogP contribution is -2.38. The topological polar surface area (TPSA) is 76.8 Å². The van der Waals surface area contributed by atoms with Crippen LogP contribution in [0.25, 0.3) is 0 Å². The van der Waals surface area contributed by atoms with E-state index in [1.54, 1.807) is 12.0 Å². The Morgan fingerprint density at radius 2 is 1.74 bits per heavy atom. The van der Waals surface area contributed by atoms with Crippen LogP contribution in [0, 0.1) is 5.82 Å². The number of benzene rings is 3. The number of hydrogen-bond acceptors (Lipinski definition) is 4. The fraction of sp³-hybridized carbons (Fsp3) is 0.208. The van der Waals surface area contributed by atoms with Gasteiger partial charge in [-0.3, -0.25) is 0 Å². The Morgan fingerprint density at radius 1 is 1.00 bits per heavy atom. The van der Waals surface area contributed by atoms with Crippen LogP contribution in [-0.2, 0) is 13.2 Å². The van der Waals surface area contributed by atoms with Gasteiger partial charge in [0.25, 0.3) is 0 Å². The highest BCUT2D eigenvalue weighted by Crippen LogP contribution is 2.29. The van der Waals surface area contributed by atoms with Gasteiger partial charge in [-0.25, -0.2) is 9.18 Å². The molecular formula is C24H26FN3O3. The molecule has 0 aliphatic carbocycles. The molecule has 162 valence electrons. The van der Waals surface area contributed by atoms with E-state index in [1.807, 2.05) is 48.5 Å². The number of rotatable bonds is 9. The van der Waals surface area contributed by atoms with Crippen molar-refractivity contribution >= 4 is 11.7 Å². The number of urea groups is 1. The average molecular weight is 423 g/mol. The number of nitrogens with two attached hydrogens (primary N) is 1. The lowest BCUT2D eigenvalue weighted by molar-refractivity contribution is 0.210. The first-order valence-electron chi connectivity index (χ1n) is 9.94. The van der Waals surface area contributed by atoms with Gasteiger partial charge in [-0.2, -0.15) is 0 Å². The number of carbonyl (C=O) groups is 1. The minimum atomic E-state index is -0.363. The molecule has 0 saturated heterocycles. The fourth-order valence-electron chi connectivity index (χ4n) is 3.03. The molecule has 0 aliphatic rings. The molecule has 3 rings (SSSR count). The Morgan fingerprint density at radius 3 is 2.42 bits per heavy atom. The van der Waals surface area contributed by atoms with Gasteiger partial charge in [0, 0.05) is 25.3 Å². The van der Waals surface area contributed by atoms with E-state index in [-0.39, 0.29) is 11.8 Å². The molecule has 7 heteroatoms. The second-order valence-electron chi connectivity index (χ2n) is 6.91. The highest BCUT2D eigenvalue weighted by Gasteiger charge is 2.15. The standard InChI is InChI=1S/C24H26FN3O3/c1-30-23-15-19(7-12-22(23)31-17-18-5-3-2-4-6-18)16-28(14-13-26)24(29)27-21-10-8-20(25)9-11-21/h2-12,15H,13-14,16-17,26H2,1H3,(H,27,29). The normalized spacial score (nSPS) is 10.4. The van der Waals surface area contributed by atoms with Crippen molar-refractivity contribution in [2.45, 2.75) is 13.2 Å². The molecule has 0 saturated carbocycles. The van der Waals surface area contributed by atoms with E-state index in [2.05, 4.69) is 5.32 Å². The lowest BCUT2D eigenvalue weighted by Gasteiger charge is -2.23. The smallest absolute Gasteiger partial charge is 0.322 e. The van der Waals surface area contributed by atoms with Gasteiger partial charge in [0.2, 0.25) is 0 Å².